The maximum Gasteiger partial charge on any atom is 0.144 e. The van der Waals surface area contributed by atoms with Gasteiger partial charge in [-0.2, -0.15) is 5.26 Å². The number of rotatable bonds is 5. The minimum Gasteiger partial charge on any atom is -0.396 e. The zero-order chi connectivity index (χ0) is 13.7. The van der Waals surface area contributed by atoms with E-state index < -0.39 is 0 Å². The molecule has 0 fully saturated rings. The Kier molecular flexibility index (Phi) is 4.75. The third-order valence-corrected chi connectivity index (χ3v) is 3.68. The van der Waals surface area contributed by atoms with Crippen LogP contribution in [0.2, 0.25) is 0 Å². The highest BCUT2D eigenvalue weighted by Gasteiger charge is 2.20. The van der Waals surface area contributed by atoms with Crippen LogP contribution in [0.5, 0.6) is 0 Å². The summed E-state index contributed by atoms with van der Waals surface area (Å²) in [4.78, 5) is 4.63. The van der Waals surface area contributed by atoms with E-state index in [1.807, 2.05) is 0 Å². The molecule has 102 valence electrons. The van der Waals surface area contributed by atoms with E-state index in [0.717, 1.165) is 31.4 Å². The number of aliphatic hydroxyl groups is 1. The van der Waals surface area contributed by atoms with Gasteiger partial charge in [0.25, 0.3) is 0 Å². The fraction of sp³-hybridized carbons (Fsp3) is 0.600. The monoisotopic (exact) mass is 259 g/mol. The quantitative estimate of drug-likeness (QED) is 0.795. The highest BCUT2D eigenvalue weighted by Crippen LogP contribution is 2.30. The SMILES string of the molecule is CCc1nc(NCCCO)c(C#N)c2c1CCCC2. The van der Waals surface area contributed by atoms with Crippen molar-refractivity contribution in [3.63, 3.8) is 0 Å². The van der Waals surface area contributed by atoms with E-state index in [-0.39, 0.29) is 6.61 Å². The maximum atomic E-state index is 9.42. The van der Waals surface area contributed by atoms with Crippen molar-refractivity contribution >= 4 is 5.82 Å². The summed E-state index contributed by atoms with van der Waals surface area (Å²) in [6, 6.07) is 2.31. The molecule has 1 aromatic heterocycles. The number of aromatic nitrogens is 1. The molecule has 19 heavy (non-hydrogen) atoms. The number of nitrogens with zero attached hydrogens (tertiary/aromatic N) is 2. The molecule has 0 aliphatic heterocycles. The standard InChI is InChI=1S/C15H21N3O/c1-2-14-12-7-4-3-6-11(12)13(10-16)15(18-14)17-8-5-9-19/h19H,2-9H2,1H3,(H,17,18). The molecular formula is C15H21N3O. The lowest BCUT2D eigenvalue weighted by atomic mass is 9.87. The fourth-order valence-corrected chi connectivity index (χ4v) is 2.73. The number of hydrogen-bond donors (Lipinski definition) is 2. The summed E-state index contributed by atoms with van der Waals surface area (Å²) in [5, 5.41) is 21.4. The first-order valence-electron chi connectivity index (χ1n) is 7.11. The van der Waals surface area contributed by atoms with Crippen LogP contribution in [0.1, 0.15) is 48.6 Å². The highest BCUT2D eigenvalue weighted by molar-refractivity contribution is 5.60. The van der Waals surface area contributed by atoms with Gasteiger partial charge in [-0.1, -0.05) is 6.92 Å². The average Bonchev–Trinajstić information content (AvgIpc) is 2.46. The highest BCUT2D eigenvalue weighted by atomic mass is 16.3. The van der Waals surface area contributed by atoms with E-state index in [0.29, 0.717) is 24.3 Å². The lowest BCUT2D eigenvalue weighted by Crippen LogP contribution is -2.15. The van der Waals surface area contributed by atoms with E-state index in [4.69, 9.17) is 5.11 Å². The van der Waals surface area contributed by atoms with Crippen LogP contribution in [0.25, 0.3) is 0 Å². The van der Waals surface area contributed by atoms with Gasteiger partial charge >= 0.3 is 0 Å². The lowest BCUT2D eigenvalue weighted by molar-refractivity contribution is 0.292. The minimum atomic E-state index is 0.153. The lowest BCUT2D eigenvalue weighted by Gasteiger charge is -2.22. The van der Waals surface area contributed by atoms with Gasteiger partial charge in [-0.05, 0) is 49.7 Å². The molecule has 0 unspecified atom stereocenters. The van der Waals surface area contributed by atoms with Crippen molar-refractivity contribution in [1.82, 2.24) is 4.98 Å². The predicted octanol–water partition coefficient (Wildman–Crippen LogP) is 2.19. The second-order valence-electron chi connectivity index (χ2n) is 4.92. The van der Waals surface area contributed by atoms with Gasteiger partial charge < -0.3 is 10.4 Å². The third-order valence-electron chi connectivity index (χ3n) is 3.68. The van der Waals surface area contributed by atoms with Gasteiger partial charge in [0.15, 0.2) is 0 Å². The molecule has 2 rings (SSSR count). The number of nitriles is 1. The number of nitrogens with one attached hydrogen (secondary N) is 1. The van der Waals surface area contributed by atoms with Gasteiger partial charge in [-0.3, -0.25) is 0 Å². The Balaban J connectivity index is 2.39. The summed E-state index contributed by atoms with van der Waals surface area (Å²) >= 11 is 0. The first-order valence-corrected chi connectivity index (χ1v) is 7.11. The number of anilines is 1. The smallest absolute Gasteiger partial charge is 0.144 e. The molecule has 0 radical (unpaired) electrons. The van der Waals surface area contributed by atoms with E-state index in [1.165, 1.54) is 17.5 Å². The Morgan fingerprint density at radius 3 is 2.68 bits per heavy atom. The second-order valence-corrected chi connectivity index (χ2v) is 4.92. The van der Waals surface area contributed by atoms with Crippen molar-refractivity contribution in [2.45, 2.75) is 45.4 Å². The molecule has 0 aromatic carbocycles. The van der Waals surface area contributed by atoms with Crippen LogP contribution in [-0.2, 0) is 19.3 Å². The third kappa shape index (κ3) is 2.87. The van der Waals surface area contributed by atoms with Crippen molar-refractivity contribution in [1.29, 1.82) is 5.26 Å². The number of fused-ring (bicyclic) bond motifs is 1. The summed E-state index contributed by atoms with van der Waals surface area (Å²) in [7, 11) is 0. The number of hydrogen-bond acceptors (Lipinski definition) is 4. The molecule has 4 heteroatoms. The van der Waals surface area contributed by atoms with Crippen LogP contribution in [-0.4, -0.2) is 23.2 Å². The molecule has 1 heterocycles. The molecule has 0 bridgehead atoms. The molecule has 0 amide bonds. The number of aliphatic hydroxyl groups excluding tert-OH is 1. The van der Waals surface area contributed by atoms with E-state index in [2.05, 4.69) is 23.3 Å². The van der Waals surface area contributed by atoms with Gasteiger partial charge in [0.2, 0.25) is 0 Å². The van der Waals surface area contributed by atoms with Crippen molar-refractivity contribution < 1.29 is 5.11 Å². The number of aryl methyl sites for hydroxylation is 1. The molecule has 0 atom stereocenters. The first-order chi connectivity index (χ1) is 9.31. The molecular weight excluding hydrogens is 238 g/mol. The first kappa shape index (κ1) is 13.8. The van der Waals surface area contributed by atoms with Crippen LogP contribution in [0.15, 0.2) is 0 Å². The summed E-state index contributed by atoms with van der Waals surface area (Å²) in [6.45, 7) is 2.92. The number of pyridine rings is 1. The Bertz CT molecular complexity index is 491. The Hall–Kier alpha value is -1.60. The average molecular weight is 259 g/mol. The van der Waals surface area contributed by atoms with Crippen LogP contribution in [0, 0.1) is 11.3 Å². The fourth-order valence-electron chi connectivity index (χ4n) is 2.73. The van der Waals surface area contributed by atoms with E-state index >= 15 is 0 Å². The van der Waals surface area contributed by atoms with Crippen molar-refractivity contribution in [3.8, 4) is 6.07 Å². The molecule has 0 spiro atoms. The molecule has 4 nitrogen and oxygen atoms in total. The van der Waals surface area contributed by atoms with Crippen LogP contribution >= 0.6 is 0 Å². The summed E-state index contributed by atoms with van der Waals surface area (Å²) in [5.74, 6) is 0.702. The molecule has 1 aliphatic rings. The topological polar surface area (TPSA) is 68.9 Å². The van der Waals surface area contributed by atoms with Gasteiger partial charge in [0, 0.05) is 18.8 Å². The molecule has 2 N–H and O–H groups in total. The molecule has 1 aromatic rings. The minimum absolute atomic E-state index is 0.153. The normalized spacial score (nSPS) is 13.7. The zero-order valence-corrected chi connectivity index (χ0v) is 11.5. The van der Waals surface area contributed by atoms with Crippen LogP contribution < -0.4 is 5.32 Å². The maximum absolute atomic E-state index is 9.42. The Morgan fingerprint density at radius 1 is 1.32 bits per heavy atom. The van der Waals surface area contributed by atoms with Crippen molar-refractivity contribution in [2.24, 2.45) is 0 Å². The van der Waals surface area contributed by atoms with E-state index in [9.17, 15) is 5.26 Å². The molecule has 0 saturated carbocycles. The summed E-state index contributed by atoms with van der Waals surface area (Å²) < 4.78 is 0. The summed E-state index contributed by atoms with van der Waals surface area (Å²) in [6.07, 6.45) is 5.97. The summed E-state index contributed by atoms with van der Waals surface area (Å²) in [5.41, 5.74) is 4.34. The Labute approximate surface area is 114 Å². The Morgan fingerprint density at radius 2 is 2.05 bits per heavy atom. The zero-order valence-electron chi connectivity index (χ0n) is 11.5. The van der Waals surface area contributed by atoms with Crippen LogP contribution in [0.4, 0.5) is 5.82 Å². The molecule has 1 aliphatic carbocycles. The van der Waals surface area contributed by atoms with Crippen molar-refractivity contribution in [3.05, 3.63) is 22.4 Å². The second kappa shape index (κ2) is 6.53. The van der Waals surface area contributed by atoms with Crippen molar-refractivity contribution in [2.75, 3.05) is 18.5 Å². The van der Waals surface area contributed by atoms with Gasteiger partial charge in [-0.25, -0.2) is 4.98 Å². The van der Waals surface area contributed by atoms with E-state index in [1.54, 1.807) is 0 Å². The van der Waals surface area contributed by atoms with Gasteiger partial charge in [-0.15, -0.1) is 0 Å². The largest absolute Gasteiger partial charge is 0.396 e. The van der Waals surface area contributed by atoms with Crippen LogP contribution in [0.3, 0.4) is 0 Å². The van der Waals surface area contributed by atoms with Gasteiger partial charge in [0.1, 0.15) is 11.9 Å². The molecule has 0 saturated heterocycles. The predicted molar refractivity (Wildman–Crippen MR) is 75.2 cm³/mol. The van der Waals surface area contributed by atoms with Gasteiger partial charge in [0.05, 0.1) is 5.56 Å².